The number of carbonyl (C=O) groups excluding carboxylic acids is 2. The number of aryl methyl sites for hydroxylation is 1. The molecule has 6 nitrogen and oxygen atoms in total. The van der Waals surface area contributed by atoms with Gasteiger partial charge < -0.3 is 14.6 Å². The number of hydrogen-bond acceptors (Lipinski definition) is 5. The molecule has 2 fully saturated rings. The van der Waals surface area contributed by atoms with Gasteiger partial charge in [-0.15, -0.1) is 0 Å². The molecule has 3 aliphatic rings. The monoisotopic (exact) mass is 414 g/mol. The van der Waals surface area contributed by atoms with Crippen molar-refractivity contribution in [3.63, 3.8) is 0 Å². The second kappa shape index (κ2) is 8.05. The number of carbonyl (C=O) groups is 3. The third kappa shape index (κ3) is 3.72. The summed E-state index contributed by atoms with van der Waals surface area (Å²) in [5.41, 5.74) is 2.22. The van der Waals surface area contributed by atoms with Gasteiger partial charge >= 0.3 is 11.9 Å². The highest BCUT2D eigenvalue weighted by molar-refractivity contribution is 5.88. The highest BCUT2D eigenvalue weighted by Crippen LogP contribution is 2.60. The molecule has 0 radical (unpaired) electrons. The molecule has 2 saturated carbocycles. The molecular weight excluding hydrogens is 384 g/mol. The lowest BCUT2D eigenvalue weighted by Gasteiger charge is -2.49. The molecule has 0 bridgehead atoms. The second-order valence-corrected chi connectivity index (χ2v) is 9.27. The lowest BCUT2D eigenvalue weighted by atomic mass is 9.55. The van der Waals surface area contributed by atoms with Crippen molar-refractivity contribution in [2.24, 2.45) is 17.3 Å². The summed E-state index contributed by atoms with van der Waals surface area (Å²) in [6.07, 6.45) is 4.35. The molecule has 0 unspecified atom stereocenters. The zero-order valence-corrected chi connectivity index (χ0v) is 17.7. The molecule has 30 heavy (non-hydrogen) atoms. The van der Waals surface area contributed by atoms with Gasteiger partial charge in [0.05, 0.1) is 6.61 Å². The third-order valence-corrected chi connectivity index (χ3v) is 7.49. The minimum absolute atomic E-state index is 0.0905. The molecule has 5 atom stereocenters. The van der Waals surface area contributed by atoms with E-state index in [9.17, 15) is 14.4 Å². The molecule has 4 rings (SSSR count). The van der Waals surface area contributed by atoms with E-state index >= 15 is 0 Å². The van der Waals surface area contributed by atoms with Crippen molar-refractivity contribution < 1.29 is 29.0 Å². The average Bonchev–Trinajstić information content (AvgIpc) is 2.94. The molecule has 0 aromatic heterocycles. The van der Waals surface area contributed by atoms with Gasteiger partial charge in [-0.05, 0) is 67.2 Å². The van der Waals surface area contributed by atoms with Crippen LogP contribution in [0.15, 0.2) is 18.2 Å². The van der Waals surface area contributed by atoms with Crippen LogP contribution in [0.25, 0.3) is 0 Å². The highest BCUT2D eigenvalue weighted by Gasteiger charge is 2.60. The van der Waals surface area contributed by atoms with Crippen LogP contribution in [0.3, 0.4) is 0 Å². The van der Waals surface area contributed by atoms with Crippen LogP contribution in [0, 0.1) is 17.3 Å². The predicted molar refractivity (Wildman–Crippen MR) is 109 cm³/mol. The van der Waals surface area contributed by atoms with Gasteiger partial charge in [0, 0.05) is 31.1 Å². The summed E-state index contributed by atoms with van der Waals surface area (Å²) >= 11 is 0. The van der Waals surface area contributed by atoms with Crippen molar-refractivity contribution in [2.45, 2.75) is 70.8 Å². The fourth-order valence-electron chi connectivity index (χ4n) is 6.19. The summed E-state index contributed by atoms with van der Waals surface area (Å²) in [4.78, 5) is 35.1. The Morgan fingerprint density at radius 1 is 1.27 bits per heavy atom. The van der Waals surface area contributed by atoms with Crippen LogP contribution in [0.4, 0.5) is 0 Å². The van der Waals surface area contributed by atoms with Crippen LogP contribution in [0.2, 0.25) is 0 Å². The van der Waals surface area contributed by atoms with E-state index in [1.165, 1.54) is 18.1 Å². The van der Waals surface area contributed by atoms with Crippen LogP contribution in [0.5, 0.6) is 5.75 Å². The Morgan fingerprint density at radius 3 is 2.80 bits per heavy atom. The molecule has 0 heterocycles. The van der Waals surface area contributed by atoms with Gasteiger partial charge in [0.15, 0.2) is 0 Å². The summed E-state index contributed by atoms with van der Waals surface area (Å²) in [6, 6.07) is 6.20. The topological polar surface area (TPSA) is 89.9 Å². The lowest BCUT2D eigenvalue weighted by molar-refractivity contribution is -0.152. The molecule has 0 amide bonds. The minimum atomic E-state index is -0.808. The van der Waals surface area contributed by atoms with Crippen LogP contribution in [-0.2, 0) is 25.5 Å². The second-order valence-electron chi connectivity index (χ2n) is 9.27. The normalized spacial score (nSPS) is 32.0. The number of aliphatic carboxylic acids is 1. The van der Waals surface area contributed by atoms with Crippen LogP contribution in [0.1, 0.15) is 69.4 Å². The molecule has 1 aromatic rings. The Hall–Kier alpha value is -2.37. The van der Waals surface area contributed by atoms with Crippen LogP contribution < -0.4 is 4.74 Å². The first-order valence-corrected chi connectivity index (χ1v) is 11.0. The van der Waals surface area contributed by atoms with Gasteiger partial charge in [-0.2, -0.15) is 0 Å². The Bertz CT molecular complexity index is 861. The number of Topliss-reactive ketones (excluding diaryl/α,β-unsaturated/α-hetero) is 1. The smallest absolute Gasteiger partial charge is 0.303 e. The molecule has 0 aliphatic heterocycles. The molecular formula is C24H30O6. The van der Waals surface area contributed by atoms with Gasteiger partial charge in [-0.25, -0.2) is 0 Å². The fourth-order valence-corrected chi connectivity index (χ4v) is 6.19. The molecule has 3 aliphatic carbocycles. The largest absolute Gasteiger partial charge is 0.494 e. The minimum Gasteiger partial charge on any atom is -0.494 e. The maximum absolute atomic E-state index is 12.8. The SMILES string of the molecule is CC(=O)O[C@H]1CC(=O)[C@@]2(C)CC[C@@H]3c4ccc(OCCCC(=O)O)cc4CC[C@H]3[C@H]12. The van der Waals surface area contributed by atoms with E-state index in [0.717, 1.165) is 31.4 Å². The molecule has 1 N–H and O–H groups in total. The fraction of sp³-hybridized carbons (Fsp3) is 0.625. The number of rotatable bonds is 6. The van der Waals surface area contributed by atoms with E-state index in [1.807, 2.05) is 6.07 Å². The zero-order chi connectivity index (χ0) is 21.5. The summed E-state index contributed by atoms with van der Waals surface area (Å²) in [5.74, 6) is 0.719. The molecule has 6 heteroatoms. The summed E-state index contributed by atoms with van der Waals surface area (Å²) in [7, 11) is 0. The van der Waals surface area contributed by atoms with Crippen LogP contribution in [-0.4, -0.2) is 35.5 Å². The van der Waals surface area contributed by atoms with Gasteiger partial charge in [-0.3, -0.25) is 14.4 Å². The number of carboxylic acid groups (broad SMARTS) is 1. The Balaban J connectivity index is 1.52. The van der Waals surface area contributed by atoms with Gasteiger partial charge in [-0.1, -0.05) is 13.0 Å². The standard InChI is InChI=1S/C24H30O6/c1-14(25)30-20-13-21(26)24(2)10-9-18-17-8-6-16(29-11-3-4-22(27)28)12-15(17)5-7-19(18)23(20)24/h6,8,12,18-20,23H,3-5,7,9-11,13H2,1-2H3,(H,27,28)/t18-,19-,20+,23-,24-/m1/s1. The Kier molecular flexibility index (Phi) is 5.60. The van der Waals surface area contributed by atoms with Gasteiger partial charge in [0.2, 0.25) is 0 Å². The maximum atomic E-state index is 12.8. The van der Waals surface area contributed by atoms with Crippen molar-refractivity contribution in [1.29, 1.82) is 0 Å². The van der Waals surface area contributed by atoms with Crippen molar-refractivity contribution in [2.75, 3.05) is 6.61 Å². The summed E-state index contributed by atoms with van der Waals surface area (Å²) in [5, 5.41) is 8.74. The summed E-state index contributed by atoms with van der Waals surface area (Å²) in [6.45, 7) is 3.89. The number of carboxylic acids is 1. The maximum Gasteiger partial charge on any atom is 0.303 e. The van der Waals surface area contributed by atoms with E-state index < -0.39 is 5.97 Å². The average molecular weight is 414 g/mol. The van der Waals surface area contributed by atoms with Crippen molar-refractivity contribution >= 4 is 17.7 Å². The number of ether oxygens (including phenoxy) is 2. The van der Waals surface area contributed by atoms with E-state index in [-0.39, 0.29) is 35.6 Å². The molecule has 1 aromatic carbocycles. The molecule has 0 saturated heterocycles. The van der Waals surface area contributed by atoms with Crippen molar-refractivity contribution in [3.8, 4) is 5.75 Å². The van der Waals surface area contributed by atoms with E-state index in [4.69, 9.17) is 14.6 Å². The zero-order valence-electron chi connectivity index (χ0n) is 17.7. The van der Waals surface area contributed by atoms with E-state index in [0.29, 0.717) is 31.3 Å². The van der Waals surface area contributed by atoms with E-state index in [1.54, 1.807) is 0 Å². The van der Waals surface area contributed by atoms with Crippen molar-refractivity contribution in [1.82, 2.24) is 0 Å². The number of ketones is 1. The third-order valence-electron chi connectivity index (χ3n) is 7.49. The lowest BCUT2D eigenvalue weighted by Crippen LogP contribution is -2.46. The van der Waals surface area contributed by atoms with Crippen molar-refractivity contribution in [3.05, 3.63) is 29.3 Å². The highest BCUT2D eigenvalue weighted by atomic mass is 16.5. The quantitative estimate of drug-likeness (QED) is 0.561. The van der Waals surface area contributed by atoms with Crippen LogP contribution >= 0.6 is 0 Å². The number of esters is 1. The predicted octanol–water partition coefficient (Wildman–Crippen LogP) is 3.90. The number of benzene rings is 1. The number of hydrogen-bond donors (Lipinski definition) is 1. The Labute approximate surface area is 176 Å². The number of fused-ring (bicyclic) bond motifs is 5. The summed E-state index contributed by atoms with van der Waals surface area (Å²) < 4.78 is 11.4. The first-order valence-electron chi connectivity index (χ1n) is 11.0. The Morgan fingerprint density at radius 2 is 2.07 bits per heavy atom. The molecule has 0 spiro atoms. The first-order chi connectivity index (χ1) is 14.3. The van der Waals surface area contributed by atoms with Gasteiger partial charge in [0.1, 0.15) is 17.6 Å². The van der Waals surface area contributed by atoms with E-state index in [2.05, 4.69) is 19.1 Å². The first kappa shape index (κ1) is 20.9. The van der Waals surface area contributed by atoms with Gasteiger partial charge in [0.25, 0.3) is 0 Å². The molecule has 162 valence electrons.